The second kappa shape index (κ2) is 6.10. The summed E-state index contributed by atoms with van der Waals surface area (Å²) in [4.78, 5) is 13.2. The van der Waals surface area contributed by atoms with Crippen molar-refractivity contribution in [1.82, 2.24) is 25.1 Å². The molecule has 0 spiro atoms. The van der Waals surface area contributed by atoms with Crippen molar-refractivity contribution in [2.24, 2.45) is 11.8 Å². The highest BCUT2D eigenvalue weighted by molar-refractivity contribution is 5.71. The molecule has 2 rings (SSSR count). The molecule has 2 heterocycles. The van der Waals surface area contributed by atoms with Crippen LogP contribution in [0.1, 0.15) is 32.5 Å². The molecular formula is C12H21N5O2. The predicted octanol–water partition coefficient (Wildman–Crippen LogP) is 0.626. The van der Waals surface area contributed by atoms with Gasteiger partial charge in [-0.3, -0.25) is 9.69 Å². The summed E-state index contributed by atoms with van der Waals surface area (Å²) in [6.45, 7) is 6.94. The highest BCUT2D eigenvalue weighted by Crippen LogP contribution is 2.24. The lowest BCUT2D eigenvalue weighted by atomic mass is 9.99. The van der Waals surface area contributed by atoms with Crippen LogP contribution < -0.4 is 0 Å². The normalized spacial score (nSPS) is 23.9. The smallest absolute Gasteiger partial charge is 0.308 e. The van der Waals surface area contributed by atoms with Gasteiger partial charge >= 0.3 is 5.97 Å². The molecule has 106 valence electrons. The maximum absolute atomic E-state index is 11.1. The first-order valence-electron chi connectivity index (χ1n) is 6.82. The van der Waals surface area contributed by atoms with Crippen LogP contribution in [0.15, 0.2) is 0 Å². The van der Waals surface area contributed by atoms with E-state index in [0.29, 0.717) is 13.1 Å². The Labute approximate surface area is 112 Å². The molecule has 1 aromatic heterocycles. The van der Waals surface area contributed by atoms with Gasteiger partial charge in [0.15, 0.2) is 5.82 Å². The fourth-order valence-corrected chi connectivity index (χ4v) is 2.54. The summed E-state index contributed by atoms with van der Waals surface area (Å²) in [5.74, 6) is 0.0182. The van der Waals surface area contributed by atoms with Crippen LogP contribution in [0.5, 0.6) is 0 Å². The molecule has 0 saturated carbocycles. The SMILES string of the molecule is CCCCn1nnnc1CN1C[C@@H](C)[C@H](C(=O)O)C1. The molecule has 1 N–H and O–H groups in total. The Kier molecular flexibility index (Phi) is 4.47. The minimum atomic E-state index is -0.708. The van der Waals surface area contributed by atoms with Crippen molar-refractivity contribution in [3.8, 4) is 0 Å². The zero-order valence-corrected chi connectivity index (χ0v) is 11.5. The maximum Gasteiger partial charge on any atom is 0.308 e. The lowest BCUT2D eigenvalue weighted by Gasteiger charge is -2.14. The number of nitrogens with zero attached hydrogens (tertiary/aromatic N) is 5. The predicted molar refractivity (Wildman–Crippen MR) is 68.3 cm³/mol. The molecule has 0 aromatic carbocycles. The van der Waals surface area contributed by atoms with Crippen LogP contribution in [0.3, 0.4) is 0 Å². The molecule has 1 aromatic rings. The van der Waals surface area contributed by atoms with Crippen molar-refractivity contribution in [3.63, 3.8) is 0 Å². The van der Waals surface area contributed by atoms with E-state index in [2.05, 4.69) is 27.3 Å². The molecule has 0 radical (unpaired) electrons. The number of likely N-dealkylation sites (tertiary alicyclic amines) is 1. The molecule has 0 unspecified atom stereocenters. The third-order valence-corrected chi connectivity index (χ3v) is 3.70. The van der Waals surface area contributed by atoms with E-state index in [1.807, 2.05) is 11.6 Å². The van der Waals surface area contributed by atoms with Gasteiger partial charge in [0, 0.05) is 19.6 Å². The van der Waals surface area contributed by atoms with Gasteiger partial charge in [0.1, 0.15) is 0 Å². The van der Waals surface area contributed by atoms with Gasteiger partial charge in [-0.2, -0.15) is 0 Å². The van der Waals surface area contributed by atoms with Crippen LogP contribution in [0.4, 0.5) is 0 Å². The average molecular weight is 267 g/mol. The van der Waals surface area contributed by atoms with Crippen LogP contribution in [-0.2, 0) is 17.9 Å². The fourth-order valence-electron chi connectivity index (χ4n) is 2.54. The third kappa shape index (κ3) is 3.28. The summed E-state index contributed by atoms with van der Waals surface area (Å²) in [6, 6.07) is 0. The molecule has 7 nitrogen and oxygen atoms in total. The monoisotopic (exact) mass is 267 g/mol. The standard InChI is InChI=1S/C12H21N5O2/c1-3-4-5-17-11(13-14-15-17)8-16-6-9(2)10(7-16)12(18)19/h9-10H,3-8H2,1-2H3,(H,18,19)/t9-,10-/m1/s1. The summed E-state index contributed by atoms with van der Waals surface area (Å²) in [7, 11) is 0. The minimum absolute atomic E-state index is 0.178. The van der Waals surface area contributed by atoms with E-state index in [9.17, 15) is 4.79 Å². The van der Waals surface area contributed by atoms with Crippen molar-refractivity contribution in [1.29, 1.82) is 0 Å². The molecule has 1 saturated heterocycles. The number of carboxylic acid groups (broad SMARTS) is 1. The number of tetrazole rings is 1. The quantitative estimate of drug-likeness (QED) is 0.813. The Morgan fingerprint density at radius 2 is 2.26 bits per heavy atom. The summed E-state index contributed by atoms with van der Waals surface area (Å²) in [5.41, 5.74) is 0. The van der Waals surface area contributed by atoms with Crippen LogP contribution in [0.25, 0.3) is 0 Å². The topological polar surface area (TPSA) is 84.1 Å². The van der Waals surface area contributed by atoms with Gasteiger partial charge in [0.25, 0.3) is 0 Å². The Morgan fingerprint density at radius 1 is 1.47 bits per heavy atom. The first-order valence-corrected chi connectivity index (χ1v) is 6.82. The number of aromatic nitrogens is 4. The van der Waals surface area contributed by atoms with E-state index in [-0.39, 0.29) is 11.8 Å². The Morgan fingerprint density at radius 3 is 2.89 bits per heavy atom. The van der Waals surface area contributed by atoms with Crippen molar-refractivity contribution >= 4 is 5.97 Å². The molecule has 0 amide bonds. The number of hydrogen-bond acceptors (Lipinski definition) is 5. The van der Waals surface area contributed by atoms with Crippen LogP contribution >= 0.6 is 0 Å². The van der Waals surface area contributed by atoms with Gasteiger partial charge in [-0.15, -0.1) is 5.10 Å². The van der Waals surface area contributed by atoms with E-state index in [4.69, 9.17) is 5.11 Å². The first kappa shape index (κ1) is 13.9. The number of aryl methyl sites for hydroxylation is 1. The van der Waals surface area contributed by atoms with Gasteiger partial charge in [-0.05, 0) is 22.8 Å². The van der Waals surface area contributed by atoms with Crippen molar-refractivity contribution in [2.45, 2.75) is 39.8 Å². The van der Waals surface area contributed by atoms with Crippen molar-refractivity contribution in [3.05, 3.63) is 5.82 Å². The second-order valence-corrected chi connectivity index (χ2v) is 5.29. The van der Waals surface area contributed by atoms with Crippen LogP contribution in [0.2, 0.25) is 0 Å². The highest BCUT2D eigenvalue weighted by atomic mass is 16.4. The molecule has 19 heavy (non-hydrogen) atoms. The molecule has 0 bridgehead atoms. The van der Waals surface area contributed by atoms with Gasteiger partial charge in [0.05, 0.1) is 12.5 Å². The zero-order chi connectivity index (χ0) is 13.8. The van der Waals surface area contributed by atoms with Crippen molar-refractivity contribution in [2.75, 3.05) is 13.1 Å². The van der Waals surface area contributed by atoms with Gasteiger partial charge in [0.2, 0.25) is 0 Å². The zero-order valence-electron chi connectivity index (χ0n) is 11.5. The molecule has 1 aliphatic rings. The average Bonchev–Trinajstić information content (AvgIpc) is 2.94. The molecule has 0 aliphatic carbocycles. The number of carbonyl (C=O) groups is 1. The van der Waals surface area contributed by atoms with E-state index in [1.165, 1.54) is 0 Å². The lowest BCUT2D eigenvalue weighted by Crippen LogP contribution is -2.25. The van der Waals surface area contributed by atoms with Gasteiger partial charge < -0.3 is 5.11 Å². The molecule has 7 heteroatoms. The molecule has 1 fully saturated rings. The van der Waals surface area contributed by atoms with E-state index in [1.54, 1.807) is 0 Å². The second-order valence-electron chi connectivity index (χ2n) is 5.29. The number of hydrogen-bond donors (Lipinski definition) is 1. The lowest BCUT2D eigenvalue weighted by molar-refractivity contribution is -0.142. The van der Waals surface area contributed by atoms with E-state index in [0.717, 1.165) is 31.8 Å². The molecule has 2 atom stereocenters. The van der Waals surface area contributed by atoms with Crippen LogP contribution in [0, 0.1) is 11.8 Å². The number of rotatable bonds is 6. The van der Waals surface area contributed by atoms with Gasteiger partial charge in [-0.25, -0.2) is 4.68 Å². The summed E-state index contributed by atoms with van der Waals surface area (Å²) < 4.78 is 1.82. The number of carboxylic acids is 1. The summed E-state index contributed by atoms with van der Waals surface area (Å²) >= 11 is 0. The first-order chi connectivity index (χ1) is 9.11. The largest absolute Gasteiger partial charge is 0.481 e. The molecular weight excluding hydrogens is 246 g/mol. The third-order valence-electron chi connectivity index (χ3n) is 3.70. The fraction of sp³-hybridized carbons (Fsp3) is 0.833. The Hall–Kier alpha value is -1.50. The highest BCUT2D eigenvalue weighted by Gasteiger charge is 2.35. The Balaban J connectivity index is 1.95. The van der Waals surface area contributed by atoms with Crippen LogP contribution in [-0.4, -0.2) is 49.3 Å². The minimum Gasteiger partial charge on any atom is -0.481 e. The maximum atomic E-state index is 11.1. The Bertz CT molecular complexity index is 434. The number of aliphatic carboxylic acids is 1. The van der Waals surface area contributed by atoms with E-state index >= 15 is 0 Å². The van der Waals surface area contributed by atoms with Crippen molar-refractivity contribution < 1.29 is 9.90 Å². The van der Waals surface area contributed by atoms with Gasteiger partial charge in [-0.1, -0.05) is 20.3 Å². The number of unbranched alkanes of at least 4 members (excludes halogenated alkanes) is 1. The summed E-state index contributed by atoms with van der Waals surface area (Å²) in [6.07, 6.45) is 2.15. The van der Waals surface area contributed by atoms with E-state index < -0.39 is 5.97 Å². The molecule has 1 aliphatic heterocycles. The summed E-state index contributed by atoms with van der Waals surface area (Å²) in [5, 5.41) is 20.9.